The second-order valence-corrected chi connectivity index (χ2v) is 3.36. The first-order valence-electron chi connectivity index (χ1n) is 4.66. The molecule has 1 aromatic rings. The minimum absolute atomic E-state index is 0.134. The lowest BCUT2D eigenvalue weighted by molar-refractivity contribution is -0.147. The number of ketones is 1. The average molecular weight is 192 g/mol. The van der Waals surface area contributed by atoms with Crippen molar-refractivity contribution in [2.45, 2.75) is 18.6 Å². The van der Waals surface area contributed by atoms with Crippen LogP contribution < -0.4 is 0 Å². The molecule has 0 bridgehead atoms. The molecule has 0 aliphatic carbocycles. The maximum Gasteiger partial charge on any atom is 0.166 e. The molecular weight excluding hydrogens is 180 g/mol. The lowest BCUT2D eigenvalue weighted by atomic mass is 9.98. The summed E-state index contributed by atoms with van der Waals surface area (Å²) in [7, 11) is 0. The van der Waals surface area contributed by atoms with Crippen LogP contribution in [0, 0.1) is 0 Å². The fourth-order valence-corrected chi connectivity index (χ4v) is 1.62. The Morgan fingerprint density at radius 1 is 1.29 bits per heavy atom. The van der Waals surface area contributed by atoms with Gasteiger partial charge in [0.25, 0.3) is 0 Å². The van der Waals surface area contributed by atoms with E-state index >= 15 is 0 Å². The second-order valence-electron chi connectivity index (χ2n) is 3.36. The Balaban J connectivity index is 2.22. The number of aliphatic hydroxyl groups is 1. The highest BCUT2D eigenvalue weighted by atomic mass is 16.5. The van der Waals surface area contributed by atoms with E-state index < -0.39 is 12.2 Å². The van der Waals surface area contributed by atoms with Gasteiger partial charge in [0, 0.05) is 6.42 Å². The number of ether oxygens (including phenoxy) is 1. The van der Waals surface area contributed by atoms with Crippen LogP contribution in [0.2, 0.25) is 0 Å². The van der Waals surface area contributed by atoms with Crippen molar-refractivity contribution in [3.05, 3.63) is 35.9 Å². The lowest BCUT2D eigenvalue weighted by Gasteiger charge is -2.27. The Morgan fingerprint density at radius 2 is 2.00 bits per heavy atom. The first-order chi connectivity index (χ1) is 6.79. The first kappa shape index (κ1) is 9.37. The number of carbonyl (C=O) groups is 1. The van der Waals surface area contributed by atoms with E-state index in [2.05, 4.69) is 0 Å². The van der Waals surface area contributed by atoms with E-state index in [-0.39, 0.29) is 5.78 Å². The number of rotatable bonds is 1. The summed E-state index contributed by atoms with van der Waals surface area (Å²) in [4.78, 5) is 11.2. The summed E-state index contributed by atoms with van der Waals surface area (Å²) in [5.41, 5.74) is 0.855. The molecule has 1 saturated heterocycles. The Kier molecular flexibility index (Phi) is 2.61. The molecule has 1 aromatic carbocycles. The molecule has 74 valence electrons. The molecule has 1 aliphatic rings. The molecule has 0 aromatic heterocycles. The average Bonchev–Trinajstić information content (AvgIpc) is 2.23. The van der Waals surface area contributed by atoms with Gasteiger partial charge in [-0.05, 0) is 5.56 Å². The van der Waals surface area contributed by atoms with Crippen LogP contribution in [0.15, 0.2) is 30.3 Å². The smallest absolute Gasteiger partial charge is 0.166 e. The fourth-order valence-electron chi connectivity index (χ4n) is 1.62. The molecule has 14 heavy (non-hydrogen) atoms. The molecular formula is C11H12O3. The summed E-state index contributed by atoms with van der Waals surface area (Å²) in [6, 6.07) is 9.33. The normalized spacial score (nSPS) is 27.6. The number of benzene rings is 1. The molecule has 0 saturated carbocycles. The van der Waals surface area contributed by atoms with Crippen molar-refractivity contribution in [1.29, 1.82) is 0 Å². The van der Waals surface area contributed by atoms with Gasteiger partial charge >= 0.3 is 0 Å². The molecule has 1 heterocycles. The zero-order valence-electron chi connectivity index (χ0n) is 7.72. The topological polar surface area (TPSA) is 46.5 Å². The molecule has 2 rings (SSSR count). The largest absolute Gasteiger partial charge is 0.382 e. The van der Waals surface area contributed by atoms with Gasteiger partial charge in [-0.25, -0.2) is 0 Å². The molecule has 1 N–H and O–H groups in total. The number of Topliss-reactive ketones (excluding diaryl/α,β-unsaturated/α-hetero) is 1. The van der Waals surface area contributed by atoms with Gasteiger partial charge in [-0.2, -0.15) is 0 Å². The van der Waals surface area contributed by atoms with E-state index in [0.717, 1.165) is 5.56 Å². The van der Waals surface area contributed by atoms with Crippen molar-refractivity contribution in [3.63, 3.8) is 0 Å². The van der Waals surface area contributed by atoms with Crippen LogP contribution in [0.3, 0.4) is 0 Å². The summed E-state index contributed by atoms with van der Waals surface area (Å²) < 4.78 is 5.38. The molecule has 3 heteroatoms. The van der Waals surface area contributed by atoms with Gasteiger partial charge in [0.15, 0.2) is 5.78 Å². The van der Waals surface area contributed by atoms with Crippen molar-refractivity contribution in [2.24, 2.45) is 0 Å². The van der Waals surface area contributed by atoms with Crippen molar-refractivity contribution >= 4 is 5.78 Å². The van der Waals surface area contributed by atoms with Gasteiger partial charge in [0.2, 0.25) is 0 Å². The molecule has 0 radical (unpaired) electrons. The Hall–Kier alpha value is -1.19. The number of hydrogen-bond acceptors (Lipinski definition) is 3. The zero-order chi connectivity index (χ0) is 9.97. The molecule has 0 spiro atoms. The van der Waals surface area contributed by atoms with Crippen LogP contribution >= 0.6 is 0 Å². The van der Waals surface area contributed by atoms with Crippen LogP contribution in [0.25, 0.3) is 0 Å². The zero-order valence-corrected chi connectivity index (χ0v) is 7.72. The van der Waals surface area contributed by atoms with Gasteiger partial charge in [-0.3, -0.25) is 4.79 Å². The van der Waals surface area contributed by atoms with Crippen molar-refractivity contribution in [1.82, 2.24) is 0 Å². The molecule has 0 amide bonds. The summed E-state index contributed by atoms with van der Waals surface area (Å²) in [6.07, 6.45) is -1.19. The molecule has 1 fully saturated rings. The van der Waals surface area contributed by atoms with E-state index in [9.17, 15) is 9.90 Å². The maximum atomic E-state index is 11.2. The van der Waals surface area contributed by atoms with Gasteiger partial charge in [-0.15, -0.1) is 0 Å². The minimum atomic E-state index is -1.01. The van der Waals surface area contributed by atoms with E-state index in [1.807, 2.05) is 30.3 Å². The predicted molar refractivity (Wildman–Crippen MR) is 50.8 cm³/mol. The van der Waals surface area contributed by atoms with Crippen LogP contribution in [0.4, 0.5) is 0 Å². The van der Waals surface area contributed by atoms with Gasteiger partial charge < -0.3 is 9.84 Å². The van der Waals surface area contributed by atoms with Crippen molar-refractivity contribution in [2.75, 3.05) is 6.61 Å². The number of hydrogen-bond donors (Lipinski definition) is 1. The standard InChI is InChI=1S/C11H12O3/c12-9-6-7-14-11(10(9)13)8-4-2-1-3-5-8/h1-5,10-11,13H,6-7H2. The highest BCUT2D eigenvalue weighted by molar-refractivity contribution is 5.84. The summed E-state index contributed by atoms with van der Waals surface area (Å²) in [6.45, 7) is 0.398. The third kappa shape index (κ3) is 1.69. The van der Waals surface area contributed by atoms with E-state index in [1.54, 1.807) is 0 Å². The highest BCUT2D eigenvalue weighted by Gasteiger charge is 2.31. The van der Waals surface area contributed by atoms with E-state index in [0.29, 0.717) is 13.0 Å². The lowest BCUT2D eigenvalue weighted by Crippen LogP contribution is -2.35. The summed E-state index contributed by atoms with van der Waals surface area (Å²) >= 11 is 0. The summed E-state index contributed by atoms with van der Waals surface area (Å²) in [5, 5.41) is 9.62. The van der Waals surface area contributed by atoms with Gasteiger partial charge in [0.05, 0.1) is 6.61 Å². The third-order valence-corrected chi connectivity index (χ3v) is 2.39. The minimum Gasteiger partial charge on any atom is -0.382 e. The molecule has 2 unspecified atom stereocenters. The SMILES string of the molecule is O=C1CCOC(c2ccccc2)C1O. The number of carbonyl (C=O) groups excluding carboxylic acids is 1. The Bertz CT molecular complexity index is 321. The first-order valence-corrected chi connectivity index (χ1v) is 4.66. The quantitative estimate of drug-likeness (QED) is 0.724. The Morgan fingerprint density at radius 3 is 2.71 bits per heavy atom. The van der Waals surface area contributed by atoms with Gasteiger partial charge in [0.1, 0.15) is 12.2 Å². The van der Waals surface area contributed by atoms with E-state index in [4.69, 9.17) is 4.74 Å². The fraction of sp³-hybridized carbons (Fsp3) is 0.364. The van der Waals surface area contributed by atoms with Crippen molar-refractivity contribution < 1.29 is 14.6 Å². The van der Waals surface area contributed by atoms with Crippen LogP contribution in [0.1, 0.15) is 18.1 Å². The monoisotopic (exact) mass is 192 g/mol. The number of aliphatic hydroxyl groups excluding tert-OH is 1. The summed E-state index contributed by atoms with van der Waals surface area (Å²) in [5.74, 6) is -0.134. The van der Waals surface area contributed by atoms with Crippen LogP contribution in [-0.4, -0.2) is 23.6 Å². The van der Waals surface area contributed by atoms with Crippen LogP contribution in [-0.2, 0) is 9.53 Å². The second kappa shape index (κ2) is 3.90. The molecule has 1 aliphatic heterocycles. The third-order valence-electron chi connectivity index (χ3n) is 2.39. The highest BCUT2D eigenvalue weighted by Crippen LogP contribution is 2.25. The van der Waals surface area contributed by atoms with Crippen LogP contribution in [0.5, 0.6) is 0 Å². The Labute approximate surface area is 82.3 Å². The van der Waals surface area contributed by atoms with Crippen molar-refractivity contribution in [3.8, 4) is 0 Å². The molecule has 3 nitrogen and oxygen atoms in total. The molecule has 2 atom stereocenters. The van der Waals surface area contributed by atoms with E-state index in [1.165, 1.54) is 0 Å². The van der Waals surface area contributed by atoms with Gasteiger partial charge in [-0.1, -0.05) is 30.3 Å². The maximum absolute atomic E-state index is 11.2. The predicted octanol–water partition coefficient (Wildman–Crippen LogP) is 1.08.